The first-order valence-corrected chi connectivity index (χ1v) is 5.86. The molecule has 0 saturated carbocycles. The Bertz CT molecular complexity index is 782. The summed E-state index contributed by atoms with van der Waals surface area (Å²) in [5, 5.41) is 19.6. The summed E-state index contributed by atoms with van der Waals surface area (Å²) in [6.45, 7) is 1.61. The normalized spacial score (nSPS) is 10.1. The Kier molecular flexibility index (Phi) is 3.70. The van der Waals surface area contributed by atoms with Gasteiger partial charge in [-0.15, -0.1) is 0 Å². The highest BCUT2D eigenvalue weighted by Gasteiger charge is 2.11. The minimum absolute atomic E-state index is 0.0999. The van der Waals surface area contributed by atoms with Crippen molar-refractivity contribution in [3.8, 4) is 0 Å². The van der Waals surface area contributed by atoms with Crippen LogP contribution in [0, 0.1) is 17.0 Å². The minimum atomic E-state index is -1.34. The highest BCUT2D eigenvalue weighted by molar-refractivity contribution is 5.87. The van der Waals surface area contributed by atoms with E-state index in [-0.39, 0.29) is 5.69 Å². The Morgan fingerprint density at radius 2 is 2.10 bits per heavy atom. The number of aryl methyl sites for hydroxylation is 1. The van der Waals surface area contributed by atoms with Gasteiger partial charge in [-0.25, -0.2) is 4.79 Å². The van der Waals surface area contributed by atoms with Crippen LogP contribution in [0.1, 0.15) is 16.1 Å². The molecule has 0 amide bonds. The first-order valence-electron chi connectivity index (χ1n) is 5.86. The fourth-order valence-corrected chi connectivity index (χ4v) is 1.74. The van der Waals surface area contributed by atoms with Crippen LogP contribution in [0.3, 0.4) is 0 Å². The monoisotopic (exact) mass is 289 g/mol. The fraction of sp³-hybridized carbons (Fsp3) is 0.0769. The predicted octanol–water partition coefficient (Wildman–Crippen LogP) is 1.64. The molecular formula is C13H11N3O5. The molecule has 2 aromatic rings. The molecule has 0 spiro atoms. The summed E-state index contributed by atoms with van der Waals surface area (Å²) in [4.78, 5) is 32.6. The average molecular weight is 289 g/mol. The molecule has 0 bridgehead atoms. The predicted molar refractivity (Wildman–Crippen MR) is 74.5 cm³/mol. The zero-order valence-electron chi connectivity index (χ0n) is 10.9. The number of nitro groups is 1. The van der Waals surface area contributed by atoms with Gasteiger partial charge in [0.25, 0.3) is 5.69 Å². The van der Waals surface area contributed by atoms with E-state index in [0.717, 1.165) is 6.20 Å². The molecule has 0 aliphatic rings. The number of carboxylic acid groups (broad SMARTS) is 1. The molecule has 0 unspecified atom stereocenters. The lowest BCUT2D eigenvalue weighted by Crippen LogP contribution is -2.22. The van der Waals surface area contributed by atoms with Crippen LogP contribution in [0.4, 0.5) is 11.4 Å². The number of carbonyl (C=O) groups is 1. The van der Waals surface area contributed by atoms with E-state index in [9.17, 15) is 19.7 Å². The summed E-state index contributed by atoms with van der Waals surface area (Å²) in [7, 11) is 0. The van der Waals surface area contributed by atoms with E-state index < -0.39 is 21.9 Å². The van der Waals surface area contributed by atoms with E-state index in [1.165, 1.54) is 28.9 Å². The highest BCUT2D eigenvalue weighted by atomic mass is 16.6. The van der Waals surface area contributed by atoms with E-state index in [1.807, 2.05) is 0 Å². The zero-order valence-corrected chi connectivity index (χ0v) is 10.9. The van der Waals surface area contributed by atoms with Crippen LogP contribution in [0.2, 0.25) is 0 Å². The van der Waals surface area contributed by atoms with Gasteiger partial charge < -0.3 is 5.11 Å². The molecule has 21 heavy (non-hydrogen) atoms. The second-order valence-corrected chi connectivity index (χ2v) is 4.29. The second kappa shape index (κ2) is 5.45. The lowest BCUT2D eigenvalue weighted by atomic mass is 10.2. The third kappa shape index (κ3) is 3.06. The van der Waals surface area contributed by atoms with E-state index >= 15 is 0 Å². The Morgan fingerprint density at radius 3 is 2.71 bits per heavy atom. The van der Waals surface area contributed by atoms with E-state index in [2.05, 4.69) is 5.43 Å². The molecule has 8 heteroatoms. The lowest BCUT2D eigenvalue weighted by Gasteiger charge is -2.14. The Balaban J connectivity index is 2.42. The number of anilines is 1. The number of rotatable bonds is 4. The van der Waals surface area contributed by atoms with Crippen molar-refractivity contribution in [2.45, 2.75) is 6.92 Å². The van der Waals surface area contributed by atoms with Crippen molar-refractivity contribution >= 4 is 17.3 Å². The quantitative estimate of drug-likeness (QED) is 0.653. The Labute approximate surface area is 118 Å². The average Bonchev–Trinajstić information content (AvgIpc) is 2.41. The van der Waals surface area contributed by atoms with Gasteiger partial charge in [0.15, 0.2) is 5.43 Å². The van der Waals surface area contributed by atoms with Crippen molar-refractivity contribution in [3.63, 3.8) is 0 Å². The maximum absolute atomic E-state index is 11.5. The highest BCUT2D eigenvalue weighted by Crippen LogP contribution is 2.17. The van der Waals surface area contributed by atoms with Crippen molar-refractivity contribution in [3.05, 3.63) is 68.1 Å². The summed E-state index contributed by atoms with van der Waals surface area (Å²) < 4.78 is 1.32. The number of nitrogens with zero attached hydrogens (tertiary/aromatic N) is 2. The SMILES string of the molecule is Cc1cc(=O)c(C(=O)O)cn1Nc1cccc([N+](=O)[O-])c1. The van der Waals surface area contributed by atoms with Gasteiger partial charge in [0.05, 0.1) is 10.6 Å². The van der Waals surface area contributed by atoms with Gasteiger partial charge in [-0.3, -0.25) is 25.0 Å². The van der Waals surface area contributed by atoms with Crippen molar-refractivity contribution in [1.82, 2.24) is 4.68 Å². The van der Waals surface area contributed by atoms with Gasteiger partial charge in [-0.2, -0.15) is 0 Å². The number of hydrogen-bond donors (Lipinski definition) is 2. The molecule has 108 valence electrons. The van der Waals surface area contributed by atoms with Crippen molar-refractivity contribution < 1.29 is 14.8 Å². The van der Waals surface area contributed by atoms with Crippen LogP contribution >= 0.6 is 0 Å². The van der Waals surface area contributed by atoms with Crippen LogP contribution in [-0.4, -0.2) is 20.7 Å². The molecule has 2 N–H and O–H groups in total. The number of nitro benzene ring substituents is 1. The van der Waals surface area contributed by atoms with Gasteiger partial charge in [-0.05, 0) is 13.0 Å². The summed E-state index contributed by atoms with van der Waals surface area (Å²) in [5.74, 6) is -1.34. The molecular weight excluding hydrogens is 278 g/mol. The third-order valence-corrected chi connectivity index (χ3v) is 2.78. The van der Waals surface area contributed by atoms with Crippen molar-refractivity contribution in [2.75, 3.05) is 5.43 Å². The first kappa shape index (κ1) is 14.3. The lowest BCUT2D eigenvalue weighted by molar-refractivity contribution is -0.384. The van der Waals surface area contributed by atoms with Crippen LogP contribution in [-0.2, 0) is 0 Å². The largest absolute Gasteiger partial charge is 0.477 e. The molecule has 1 aromatic heterocycles. The molecule has 0 radical (unpaired) electrons. The van der Waals surface area contributed by atoms with Gasteiger partial charge in [0, 0.05) is 30.1 Å². The molecule has 0 fully saturated rings. The maximum atomic E-state index is 11.5. The van der Waals surface area contributed by atoms with E-state index in [1.54, 1.807) is 13.0 Å². The number of hydrogen-bond acceptors (Lipinski definition) is 5. The minimum Gasteiger partial charge on any atom is -0.477 e. The number of aromatic nitrogens is 1. The molecule has 2 rings (SSSR count). The van der Waals surface area contributed by atoms with E-state index in [0.29, 0.717) is 11.4 Å². The third-order valence-electron chi connectivity index (χ3n) is 2.78. The molecule has 8 nitrogen and oxygen atoms in total. The number of nitrogens with one attached hydrogen (secondary N) is 1. The standard InChI is InChI=1S/C13H11N3O5/c1-8-5-12(17)11(13(18)19)7-15(8)14-9-3-2-4-10(6-9)16(20)21/h2-7,14H,1H3,(H,18,19). The molecule has 0 atom stereocenters. The zero-order chi connectivity index (χ0) is 15.6. The Morgan fingerprint density at radius 1 is 1.38 bits per heavy atom. The first-order chi connectivity index (χ1) is 9.88. The molecule has 1 aromatic carbocycles. The van der Waals surface area contributed by atoms with Gasteiger partial charge >= 0.3 is 5.97 Å². The fourth-order valence-electron chi connectivity index (χ4n) is 1.74. The van der Waals surface area contributed by atoms with Crippen LogP contribution in [0.25, 0.3) is 0 Å². The summed E-state index contributed by atoms with van der Waals surface area (Å²) in [6.07, 6.45) is 1.14. The number of non-ortho nitro benzene ring substituents is 1. The summed E-state index contributed by atoms with van der Waals surface area (Å²) in [6, 6.07) is 6.90. The second-order valence-electron chi connectivity index (χ2n) is 4.29. The molecule has 0 saturated heterocycles. The molecule has 0 aliphatic heterocycles. The summed E-state index contributed by atoms with van der Waals surface area (Å²) >= 11 is 0. The number of pyridine rings is 1. The number of benzene rings is 1. The van der Waals surface area contributed by atoms with E-state index in [4.69, 9.17) is 5.11 Å². The van der Waals surface area contributed by atoms with Crippen LogP contribution < -0.4 is 10.9 Å². The van der Waals surface area contributed by atoms with Crippen molar-refractivity contribution in [2.24, 2.45) is 0 Å². The number of aromatic carboxylic acids is 1. The smallest absolute Gasteiger partial charge is 0.341 e. The van der Waals surface area contributed by atoms with Crippen molar-refractivity contribution in [1.29, 1.82) is 0 Å². The van der Waals surface area contributed by atoms with Gasteiger partial charge in [0.2, 0.25) is 0 Å². The van der Waals surface area contributed by atoms with Crippen LogP contribution in [0.15, 0.2) is 41.3 Å². The number of carboxylic acids is 1. The molecule has 1 heterocycles. The topological polar surface area (TPSA) is 114 Å². The maximum Gasteiger partial charge on any atom is 0.341 e. The summed E-state index contributed by atoms with van der Waals surface area (Å²) in [5.41, 5.74) is 2.57. The molecule has 0 aliphatic carbocycles. The van der Waals surface area contributed by atoms with Gasteiger partial charge in [0.1, 0.15) is 5.56 Å². The van der Waals surface area contributed by atoms with Gasteiger partial charge in [-0.1, -0.05) is 6.07 Å². The Hall–Kier alpha value is -3.16. The van der Waals surface area contributed by atoms with Crippen LogP contribution in [0.5, 0.6) is 0 Å².